The minimum Gasteiger partial charge on any atom is -0.360 e. The van der Waals surface area contributed by atoms with Crippen molar-refractivity contribution in [3.63, 3.8) is 0 Å². The van der Waals surface area contributed by atoms with E-state index in [1.807, 2.05) is 0 Å². The highest BCUT2D eigenvalue weighted by Crippen LogP contribution is 2.28. The zero-order chi connectivity index (χ0) is 21.6. The van der Waals surface area contributed by atoms with E-state index in [4.69, 9.17) is 11.6 Å². The topological polar surface area (TPSA) is 79.2 Å². The third-order valence-electron chi connectivity index (χ3n) is 4.16. The maximum absolute atomic E-state index is 13.5. The fraction of sp³-hybridized carbons (Fsp3) is 0.200. The quantitative estimate of drug-likeness (QED) is 0.587. The summed E-state index contributed by atoms with van der Waals surface area (Å²) in [5.41, 5.74) is 5.84. The van der Waals surface area contributed by atoms with Gasteiger partial charge in [0.05, 0.1) is 12.1 Å². The Bertz CT molecular complexity index is 1000. The molecule has 2 amide bonds. The molecule has 0 aliphatic rings. The Balaban J connectivity index is 0.00000145. The van der Waals surface area contributed by atoms with E-state index < -0.39 is 23.4 Å². The van der Waals surface area contributed by atoms with Crippen molar-refractivity contribution in [2.24, 2.45) is 5.73 Å². The van der Waals surface area contributed by atoms with Gasteiger partial charge < -0.3 is 10.7 Å². The second kappa shape index (κ2) is 10.1. The Kier molecular flexibility index (Phi) is 7.81. The van der Waals surface area contributed by atoms with Crippen LogP contribution in [-0.2, 0) is 22.6 Å². The van der Waals surface area contributed by atoms with Gasteiger partial charge in [-0.05, 0) is 48.9 Å². The van der Waals surface area contributed by atoms with Crippen molar-refractivity contribution in [1.29, 1.82) is 0 Å². The Morgan fingerprint density at radius 3 is 2.45 bits per heavy atom. The largest absolute Gasteiger partial charge is 0.360 e. The maximum Gasteiger partial charge on any atom is 0.229 e. The van der Waals surface area contributed by atoms with E-state index in [-0.39, 0.29) is 30.0 Å². The SMILES string of the molecule is CN.O=CN(Cc1cc(F)cc(F)c1)C(=O)CCc1c[nH]c2c(Cl)c(F)ccc12. The van der Waals surface area contributed by atoms with E-state index in [0.29, 0.717) is 23.4 Å². The number of imide groups is 1. The zero-order valence-corrected chi connectivity index (χ0v) is 16.3. The minimum atomic E-state index is -0.786. The lowest BCUT2D eigenvalue weighted by Crippen LogP contribution is -2.29. The van der Waals surface area contributed by atoms with E-state index in [0.717, 1.165) is 22.6 Å². The molecule has 5 nitrogen and oxygen atoms in total. The smallest absolute Gasteiger partial charge is 0.229 e. The number of hydrogen-bond acceptors (Lipinski definition) is 3. The van der Waals surface area contributed by atoms with Crippen LogP contribution in [0, 0.1) is 17.5 Å². The Morgan fingerprint density at radius 2 is 1.83 bits per heavy atom. The molecule has 0 bridgehead atoms. The van der Waals surface area contributed by atoms with Crippen LogP contribution in [0.2, 0.25) is 5.02 Å². The molecule has 0 spiro atoms. The number of benzene rings is 2. The van der Waals surface area contributed by atoms with Crippen LogP contribution in [-0.4, -0.2) is 29.2 Å². The van der Waals surface area contributed by atoms with Gasteiger partial charge in [0.1, 0.15) is 22.5 Å². The first kappa shape index (κ1) is 22.4. The van der Waals surface area contributed by atoms with E-state index >= 15 is 0 Å². The van der Waals surface area contributed by atoms with Gasteiger partial charge in [-0.2, -0.15) is 0 Å². The number of H-pyrrole nitrogens is 1. The first-order valence-electron chi connectivity index (χ1n) is 8.60. The summed E-state index contributed by atoms with van der Waals surface area (Å²) < 4.78 is 40.0. The summed E-state index contributed by atoms with van der Waals surface area (Å²) in [6.07, 6.45) is 2.21. The molecule has 3 aromatic rings. The average molecular weight is 426 g/mol. The highest BCUT2D eigenvalue weighted by atomic mass is 35.5. The lowest BCUT2D eigenvalue weighted by atomic mass is 10.1. The van der Waals surface area contributed by atoms with Gasteiger partial charge in [0.15, 0.2) is 0 Å². The van der Waals surface area contributed by atoms with Crippen LogP contribution in [0.4, 0.5) is 13.2 Å². The molecule has 0 saturated carbocycles. The summed E-state index contributed by atoms with van der Waals surface area (Å²) in [5.74, 6) is -2.63. The number of aryl methyl sites for hydroxylation is 1. The summed E-state index contributed by atoms with van der Waals surface area (Å²) in [4.78, 5) is 27.3. The van der Waals surface area contributed by atoms with Gasteiger partial charge in [-0.15, -0.1) is 0 Å². The molecular weight excluding hydrogens is 407 g/mol. The number of fused-ring (bicyclic) bond motifs is 1. The van der Waals surface area contributed by atoms with Crippen molar-refractivity contribution in [3.8, 4) is 0 Å². The number of aromatic amines is 1. The molecule has 1 heterocycles. The van der Waals surface area contributed by atoms with Crippen molar-refractivity contribution in [1.82, 2.24) is 9.88 Å². The van der Waals surface area contributed by atoms with Gasteiger partial charge in [-0.1, -0.05) is 11.6 Å². The first-order chi connectivity index (χ1) is 13.9. The Hall–Kier alpha value is -2.84. The van der Waals surface area contributed by atoms with Crippen molar-refractivity contribution >= 4 is 34.8 Å². The monoisotopic (exact) mass is 425 g/mol. The normalized spacial score (nSPS) is 10.4. The third kappa shape index (κ3) is 5.36. The second-order valence-corrected chi connectivity index (χ2v) is 6.38. The number of nitrogens with zero attached hydrogens (tertiary/aromatic N) is 1. The van der Waals surface area contributed by atoms with E-state index in [1.165, 1.54) is 13.1 Å². The fourth-order valence-electron chi connectivity index (χ4n) is 2.87. The molecule has 154 valence electrons. The standard InChI is InChI=1S/C19H14ClF3N2O2.CH5N/c20-18-16(23)3-2-15-12(8-24-19(15)18)1-4-17(27)25(10-26)9-11-5-13(21)7-14(22)6-11;1-2/h2-3,5-8,10,24H,1,4,9H2;2H2,1H3. The van der Waals surface area contributed by atoms with Gasteiger partial charge in [0.2, 0.25) is 12.3 Å². The molecule has 3 rings (SSSR count). The van der Waals surface area contributed by atoms with E-state index in [2.05, 4.69) is 10.7 Å². The number of rotatable bonds is 6. The molecule has 0 aliphatic carbocycles. The maximum atomic E-state index is 13.5. The van der Waals surface area contributed by atoms with E-state index in [9.17, 15) is 22.8 Å². The number of amides is 2. The van der Waals surface area contributed by atoms with Crippen LogP contribution < -0.4 is 5.73 Å². The van der Waals surface area contributed by atoms with Crippen molar-refractivity contribution in [3.05, 3.63) is 70.1 Å². The van der Waals surface area contributed by atoms with Gasteiger partial charge in [-0.3, -0.25) is 14.5 Å². The molecule has 0 unspecified atom stereocenters. The van der Waals surface area contributed by atoms with Crippen molar-refractivity contribution in [2.75, 3.05) is 7.05 Å². The number of nitrogens with two attached hydrogens (primary N) is 1. The van der Waals surface area contributed by atoms with Gasteiger partial charge in [-0.25, -0.2) is 13.2 Å². The summed E-state index contributed by atoms with van der Waals surface area (Å²) in [7, 11) is 1.50. The zero-order valence-electron chi connectivity index (χ0n) is 15.5. The second-order valence-electron chi connectivity index (χ2n) is 6.00. The molecular formula is C20H19ClF3N3O2. The van der Waals surface area contributed by atoms with Gasteiger partial charge in [0.25, 0.3) is 0 Å². The molecule has 1 aromatic heterocycles. The molecule has 29 heavy (non-hydrogen) atoms. The molecule has 0 radical (unpaired) electrons. The van der Waals surface area contributed by atoms with Gasteiger partial charge in [0, 0.05) is 24.1 Å². The number of hydrogen-bond donors (Lipinski definition) is 2. The summed E-state index contributed by atoms with van der Waals surface area (Å²) >= 11 is 5.90. The van der Waals surface area contributed by atoms with Crippen LogP contribution in [0.15, 0.2) is 36.5 Å². The van der Waals surface area contributed by atoms with Crippen molar-refractivity contribution < 1.29 is 22.8 Å². The average Bonchev–Trinajstić information content (AvgIpc) is 3.11. The van der Waals surface area contributed by atoms with Crippen LogP contribution >= 0.6 is 11.6 Å². The van der Waals surface area contributed by atoms with Gasteiger partial charge >= 0.3 is 0 Å². The predicted octanol–water partition coefficient (Wildman–Crippen LogP) is 3.93. The number of halogens is 4. The molecule has 3 N–H and O–H groups in total. The lowest BCUT2D eigenvalue weighted by Gasteiger charge is -2.15. The number of nitrogens with one attached hydrogen (secondary N) is 1. The summed E-state index contributed by atoms with van der Waals surface area (Å²) in [6.45, 7) is -0.234. The van der Waals surface area contributed by atoms with Crippen molar-refractivity contribution in [2.45, 2.75) is 19.4 Å². The number of carbonyl (C=O) groups excluding carboxylic acids is 2. The van der Waals surface area contributed by atoms with Crippen LogP contribution in [0.1, 0.15) is 17.5 Å². The molecule has 9 heteroatoms. The third-order valence-corrected chi connectivity index (χ3v) is 4.53. The highest BCUT2D eigenvalue weighted by molar-refractivity contribution is 6.35. The molecule has 0 saturated heterocycles. The Labute approximate surface area is 170 Å². The van der Waals surface area contributed by atoms with Crippen LogP contribution in [0.3, 0.4) is 0 Å². The fourth-order valence-corrected chi connectivity index (χ4v) is 3.09. The van der Waals surface area contributed by atoms with E-state index in [1.54, 1.807) is 12.3 Å². The predicted molar refractivity (Wildman–Crippen MR) is 105 cm³/mol. The Morgan fingerprint density at radius 1 is 1.17 bits per heavy atom. The first-order valence-corrected chi connectivity index (χ1v) is 8.98. The lowest BCUT2D eigenvalue weighted by molar-refractivity contribution is -0.138. The number of aromatic nitrogens is 1. The molecule has 0 fully saturated rings. The minimum absolute atomic E-state index is 0.0154. The molecule has 0 atom stereocenters. The van der Waals surface area contributed by atoms with Crippen LogP contribution in [0.25, 0.3) is 10.9 Å². The van der Waals surface area contributed by atoms with Crippen LogP contribution in [0.5, 0.6) is 0 Å². The molecule has 0 aliphatic heterocycles. The highest BCUT2D eigenvalue weighted by Gasteiger charge is 2.16. The summed E-state index contributed by atoms with van der Waals surface area (Å²) in [6, 6.07) is 5.62. The summed E-state index contributed by atoms with van der Waals surface area (Å²) in [5, 5.41) is 0.645. The molecule has 2 aromatic carbocycles. The number of carbonyl (C=O) groups is 2.